The first-order valence-corrected chi connectivity index (χ1v) is 8.78. The van der Waals surface area contributed by atoms with Crippen molar-refractivity contribution in [3.8, 4) is 11.5 Å². The molecule has 29 heavy (non-hydrogen) atoms. The molecule has 2 rings (SSSR count). The van der Waals surface area contributed by atoms with Crippen LogP contribution in [0.1, 0.15) is 29.8 Å². The van der Waals surface area contributed by atoms with Crippen molar-refractivity contribution in [2.24, 2.45) is 0 Å². The smallest absolute Gasteiger partial charge is 0.416 e. The zero-order valence-electron chi connectivity index (χ0n) is 15.8. The fourth-order valence-corrected chi connectivity index (χ4v) is 2.36. The number of ether oxygens (including phenoxy) is 3. The van der Waals surface area contributed by atoms with E-state index in [0.29, 0.717) is 36.5 Å². The van der Waals surface area contributed by atoms with E-state index in [9.17, 15) is 22.8 Å². The number of hydrogen-bond acceptors (Lipinski definition) is 5. The minimum Gasteiger partial charge on any atom is -0.490 e. The van der Waals surface area contributed by atoms with Gasteiger partial charge in [0.2, 0.25) is 0 Å². The van der Waals surface area contributed by atoms with E-state index in [-0.39, 0.29) is 5.56 Å². The Labute approximate surface area is 165 Å². The average Bonchev–Trinajstić information content (AvgIpc) is 2.68. The molecule has 1 N–H and O–H groups in total. The maximum Gasteiger partial charge on any atom is 0.416 e. The largest absolute Gasteiger partial charge is 0.490 e. The Balaban J connectivity index is 1.98. The summed E-state index contributed by atoms with van der Waals surface area (Å²) in [6, 6.07) is 8.54. The van der Waals surface area contributed by atoms with Crippen LogP contribution in [0.4, 0.5) is 18.9 Å². The first-order chi connectivity index (χ1) is 13.7. The van der Waals surface area contributed by atoms with Gasteiger partial charge in [0.1, 0.15) is 0 Å². The zero-order valence-corrected chi connectivity index (χ0v) is 15.8. The summed E-state index contributed by atoms with van der Waals surface area (Å²) < 4.78 is 53.8. The molecule has 1 amide bonds. The second-order valence-corrected chi connectivity index (χ2v) is 5.73. The third kappa shape index (κ3) is 6.41. The molecule has 0 saturated heterocycles. The molecule has 0 bridgehead atoms. The van der Waals surface area contributed by atoms with E-state index < -0.39 is 30.2 Å². The maximum absolute atomic E-state index is 12.7. The van der Waals surface area contributed by atoms with Crippen LogP contribution in [-0.2, 0) is 15.7 Å². The summed E-state index contributed by atoms with van der Waals surface area (Å²) in [4.78, 5) is 23.9. The van der Waals surface area contributed by atoms with Gasteiger partial charge >= 0.3 is 12.1 Å². The number of anilines is 1. The quantitative estimate of drug-likeness (QED) is 0.656. The summed E-state index contributed by atoms with van der Waals surface area (Å²) in [7, 11) is 0. The highest BCUT2D eigenvalue weighted by atomic mass is 19.4. The normalized spacial score (nSPS) is 10.9. The van der Waals surface area contributed by atoms with Crippen molar-refractivity contribution in [2.75, 3.05) is 25.1 Å². The second kappa shape index (κ2) is 9.81. The van der Waals surface area contributed by atoms with Gasteiger partial charge in [0.15, 0.2) is 18.1 Å². The first kappa shape index (κ1) is 22.1. The van der Waals surface area contributed by atoms with E-state index in [4.69, 9.17) is 14.2 Å². The Hall–Kier alpha value is -3.23. The van der Waals surface area contributed by atoms with Gasteiger partial charge in [-0.1, -0.05) is 6.07 Å². The first-order valence-electron chi connectivity index (χ1n) is 8.78. The molecule has 0 fully saturated rings. The predicted molar refractivity (Wildman–Crippen MR) is 99.1 cm³/mol. The molecule has 0 unspecified atom stereocenters. The zero-order chi connectivity index (χ0) is 21.4. The van der Waals surface area contributed by atoms with Crippen LogP contribution < -0.4 is 14.8 Å². The predicted octanol–water partition coefficient (Wildman–Crippen LogP) is 4.30. The van der Waals surface area contributed by atoms with Crippen molar-refractivity contribution >= 4 is 17.6 Å². The van der Waals surface area contributed by atoms with Gasteiger partial charge in [0, 0.05) is 11.8 Å². The monoisotopic (exact) mass is 411 g/mol. The molecule has 0 aliphatic rings. The van der Waals surface area contributed by atoms with Gasteiger partial charge in [-0.2, -0.15) is 13.2 Å². The Kier molecular flexibility index (Phi) is 7.46. The van der Waals surface area contributed by atoms with Gasteiger partial charge in [-0.25, -0.2) is 4.79 Å². The number of rotatable bonds is 8. The summed E-state index contributed by atoms with van der Waals surface area (Å²) in [6.45, 7) is 3.80. The minimum absolute atomic E-state index is 0.299. The van der Waals surface area contributed by atoms with Crippen molar-refractivity contribution < 1.29 is 37.0 Å². The van der Waals surface area contributed by atoms with Crippen molar-refractivity contribution in [1.82, 2.24) is 0 Å². The molecule has 0 atom stereocenters. The molecule has 0 aromatic heterocycles. The number of alkyl halides is 3. The molecule has 2 aromatic rings. The van der Waals surface area contributed by atoms with Crippen LogP contribution in [0.25, 0.3) is 0 Å². The number of carbonyl (C=O) groups excluding carboxylic acids is 2. The van der Waals surface area contributed by atoms with Crippen molar-refractivity contribution in [3.63, 3.8) is 0 Å². The fourth-order valence-electron chi connectivity index (χ4n) is 2.36. The van der Waals surface area contributed by atoms with Crippen LogP contribution in [0.3, 0.4) is 0 Å². The molecule has 0 radical (unpaired) electrons. The Morgan fingerprint density at radius 2 is 1.66 bits per heavy atom. The summed E-state index contributed by atoms with van der Waals surface area (Å²) >= 11 is 0. The van der Waals surface area contributed by atoms with E-state index in [1.807, 2.05) is 6.92 Å². The van der Waals surface area contributed by atoms with Crippen LogP contribution in [-0.4, -0.2) is 31.7 Å². The molecule has 0 aliphatic carbocycles. The molecule has 0 saturated carbocycles. The summed E-state index contributed by atoms with van der Waals surface area (Å²) in [5.74, 6) is -0.735. The summed E-state index contributed by atoms with van der Waals surface area (Å²) in [5.41, 5.74) is -0.890. The van der Waals surface area contributed by atoms with Crippen molar-refractivity contribution in [2.45, 2.75) is 20.0 Å². The van der Waals surface area contributed by atoms with Gasteiger partial charge in [-0.3, -0.25) is 4.79 Å². The molecule has 9 heteroatoms. The molecule has 0 aliphatic heterocycles. The number of hydrogen-bond donors (Lipinski definition) is 1. The van der Waals surface area contributed by atoms with Gasteiger partial charge in [-0.05, 0) is 44.2 Å². The molecule has 0 spiro atoms. The number of benzene rings is 2. The minimum atomic E-state index is -4.58. The molecule has 156 valence electrons. The Morgan fingerprint density at radius 3 is 2.31 bits per heavy atom. The number of halogens is 3. The molecular weight excluding hydrogens is 391 g/mol. The standard InChI is InChI=1S/C20H20F3NO5/c1-3-27-16-9-8-15(11-17(16)28-4-2)24-18(25)12-29-19(26)13-6-5-7-14(10-13)20(21,22)23/h5-11H,3-4,12H2,1-2H3,(H,24,25). The summed E-state index contributed by atoms with van der Waals surface area (Å²) in [6.07, 6.45) is -4.58. The lowest BCUT2D eigenvalue weighted by Gasteiger charge is -2.13. The lowest BCUT2D eigenvalue weighted by Crippen LogP contribution is -2.21. The van der Waals surface area contributed by atoms with Crippen LogP contribution in [0.5, 0.6) is 11.5 Å². The maximum atomic E-state index is 12.7. The van der Waals surface area contributed by atoms with E-state index >= 15 is 0 Å². The number of nitrogens with one attached hydrogen (secondary N) is 1. The lowest BCUT2D eigenvalue weighted by atomic mass is 10.1. The van der Waals surface area contributed by atoms with Gasteiger partial charge < -0.3 is 19.5 Å². The van der Waals surface area contributed by atoms with Gasteiger partial charge in [0.25, 0.3) is 5.91 Å². The van der Waals surface area contributed by atoms with Crippen LogP contribution in [0.2, 0.25) is 0 Å². The Bertz CT molecular complexity index is 867. The molecule has 6 nitrogen and oxygen atoms in total. The Morgan fingerprint density at radius 1 is 0.966 bits per heavy atom. The highest BCUT2D eigenvalue weighted by Crippen LogP contribution is 2.31. The average molecular weight is 411 g/mol. The van der Waals surface area contributed by atoms with Gasteiger partial charge in [-0.15, -0.1) is 0 Å². The van der Waals surface area contributed by atoms with Crippen molar-refractivity contribution in [1.29, 1.82) is 0 Å². The van der Waals surface area contributed by atoms with Crippen molar-refractivity contribution in [3.05, 3.63) is 53.6 Å². The highest BCUT2D eigenvalue weighted by molar-refractivity contribution is 5.95. The molecule has 2 aromatic carbocycles. The van der Waals surface area contributed by atoms with Crippen LogP contribution in [0, 0.1) is 0 Å². The van der Waals surface area contributed by atoms with Crippen LogP contribution in [0.15, 0.2) is 42.5 Å². The topological polar surface area (TPSA) is 73.9 Å². The third-order valence-electron chi connectivity index (χ3n) is 3.59. The van der Waals surface area contributed by atoms with Gasteiger partial charge in [0.05, 0.1) is 24.3 Å². The van der Waals surface area contributed by atoms with E-state index in [1.54, 1.807) is 25.1 Å². The third-order valence-corrected chi connectivity index (χ3v) is 3.59. The van der Waals surface area contributed by atoms with E-state index in [1.165, 1.54) is 6.07 Å². The lowest BCUT2D eigenvalue weighted by molar-refractivity contribution is -0.137. The molecular formula is C20H20F3NO5. The van der Waals surface area contributed by atoms with Crippen LogP contribution >= 0.6 is 0 Å². The fraction of sp³-hybridized carbons (Fsp3) is 0.300. The number of carbonyl (C=O) groups is 2. The SMILES string of the molecule is CCOc1ccc(NC(=O)COC(=O)c2cccc(C(F)(F)F)c2)cc1OCC. The second-order valence-electron chi connectivity index (χ2n) is 5.73. The number of amides is 1. The van der Waals surface area contributed by atoms with E-state index in [0.717, 1.165) is 12.1 Å². The molecule has 0 heterocycles. The number of esters is 1. The summed E-state index contributed by atoms with van der Waals surface area (Å²) in [5, 5.41) is 2.52. The van der Waals surface area contributed by atoms with E-state index in [2.05, 4.69) is 5.32 Å². The highest BCUT2D eigenvalue weighted by Gasteiger charge is 2.31.